The fourth-order valence-corrected chi connectivity index (χ4v) is 4.09. The molecule has 186 valence electrons. The number of β-amino-alcohol motifs (C(OH)–C–C–N with tert-alkyl or cyclic N) is 1. The van der Waals surface area contributed by atoms with E-state index in [1.54, 1.807) is 19.1 Å². The van der Waals surface area contributed by atoms with Crippen molar-refractivity contribution in [3.63, 3.8) is 0 Å². The van der Waals surface area contributed by atoms with Crippen LogP contribution in [0.5, 0.6) is 5.75 Å². The fourth-order valence-electron chi connectivity index (χ4n) is 3.68. The van der Waals surface area contributed by atoms with Gasteiger partial charge < -0.3 is 25.0 Å². The number of carbonyl (C=O) groups excluding carboxylic acids is 1. The molecule has 34 heavy (non-hydrogen) atoms. The molecule has 1 aliphatic heterocycles. The molecule has 0 spiro atoms. The van der Waals surface area contributed by atoms with E-state index in [0.717, 1.165) is 5.56 Å². The van der Waals surface area contributed by atoms with Crippen molar-refractivity contribution < 1.29 is 27.8 Å². The Morgan fingerprint density at radius 3 is 2.65 bits per heavy atom. The van der Waals surface area contributed by atoms with E-state index in [1.807, 2.05) is 4.90 Å². The second-order valence-electron chi connectivity index (χ2n) is 8.09. The molecule has 12 heteroatoms. The van der Waals surface area contributed by atoms with Gasteiger partial charge in [-0.15, -0.1) is 0 Å². The normalized spacial score (nSPS) is 16.3. The maximum atomic E-state index is 13.1. The zero-order chi connectivity index (χ0) is 25.0. The smallest absolute Gasteiger partial charge is 0.417 e. The summed E-state index contributed by atoms with van der Waals surface area (Å²) in [6.07, 6.45) is -3.83. The van der Waals surface area contributed by atoms with Crippen molar-refractivity contribution in [3.05, 3.63) is 61.5 Å². The van der Waals surface area contributed by atoms with Crippen molar-refractivity contribution in [1.82, 2.24) is 15.2 Å². The summed E-state index contributed by atoms with van der Waals surface area (Å²) in [5, 5.41) is 13.6. The van der Waals surface area contributed by atoms with E-state index >= 15 is 0 Å². The second kappa shape index (κ2) is 11.0. The van der Waals surface area contributed by atoms with Crippen molar-refractivity contribution in [3.8, 4) is 5.75 Å². The largest absolute Gasteiger partial charge is 0.489 e. The highest BCUT2D eigenvalue weighted by Gasteiger charge is 2.36. The van der Waals surface area contributed by atoms with Gasteiger partial charge in [0.05, 0.1) is 22.3 Å². The SMILES string of the molecule is Cc1c(Cl)ccc(OC2CCN(CC(O)CNC(=O)c3c[nH]c(=O)cc3C(F)(F)F)CC2)c1Cl. The number of halogens is 5. The molecule has 0 saturated carbocycles. The summed E-state index contributed by atoms with van der Waals surface area (Å²) in [6, 6.07) is 3.78. The monoisotopic (exact) mass is 521 g/mol. The third-order valence-electron chi connectivity index (χ3n) is 5.55. The standard InChI is InChI=1S/C22H24Cl2F3N3O4/c1-12-17(23)2-3-18(20(12)24)34-14-4-6-30(7-5-14)11-13(31)9-29-21(33)15-10-28-19(32)8-16(15)22(25,26)27/h2-3,8,10,13-14,31H,4-7,9,11H2,1H3,(H,28,32)(H,29,33). The Kier molecular flexibility index (Phi) is 8.51. The molecule has 0 aliphatic carbocycles. The molecule has 3 rings (SSSR count). The van der Waals surface area contributed by atoms with Crippen LogP contribution in [0.1, 0.15) is 34.3 Å². The Bertz CT molecular complexity index is 1090. The number of nitrogens with zero attached hydrogens (tertiary/aromatic N) is 1. The second-order valence-corrected chi connectivity index (χ2v) is 8.87. The van der Waals surface area contributed by atoms with E-state index in [9.17, 15) is 27.9 Å². The Morgan fingerprint density at radius 1 is 1.32 bits per heavy atom. The molecule has 1 saturated heterocycles. The van der Waals surface area contributed by atoms with Crippen molar-refractivity contribution >= 4 is 29.1 Å². The van der Waals surface area contributed by atoms with Crippen LogP contribution in [-0.4, -0.2) is 59.3 Å². The van der Waals surface area contributed by atoms with Gasteiger partial charge in [-0.25, -0.2) is 0 Å². The van der Waals surface area contributed by atoms with Crippen LogP contribution in [-0.2, 0) is 6.18 Å². The molecule has 0 bridgehead atoms. The number of pyridine rings is 1. The molecule has 7 nitrogen and oxygen atoms in total. The molecule has 2 heterocycles. The minimum Gasteiger partial charge on any atom is -0.489 e. The summed E-state index contributed by atoms with van der Waals surface area (Å²) < 4.78 is 45.3. The summed E-state index contributed by atoms with van der Waals surface area (Å²) in [4.78, 5) is 27.5. The van der Waals surface area contributed by atoms with E-state index in [-0.39, 0.29) is 19.2 Å². The number of ether oxygens (including phenoxy) is 1. The Balaban J connectivity index is 1.47. The van der Waals surface area contributed by atoms with Crippen LogP contribution in [0.25, 0.3) is 0 Å². The summed E-state index contributed by atoms with van der Waals surface area (Å²) in [5.41, 5.74) is -2.27. The number of aliphatic hydroxyl groups is 1. The molecule has 1 atom stereocenters. The molecule has 1 aliphatic rings. The van der Waals surface area contributed by atoms with Gasteiger partial charge in [0.15, 0.2) is 0 Å². The minimum absolute atomic E-state index is 0.0628. The number of hydrogen-bond donors (Lipinski definition) is 3. The van der Waals surface area contributed by atoms with E-state index in [2.05, 4.69) is 10.3 Å². The number of nitrogens with one attached hydrogen (secondary N) is 2. The van der Waals surface area contributed by atoms with Crippen LogP contribution in [0.15, 0.2) is 29.2 Å². The molecule has 1 unspecified atom stereocenters. The molecule has 3 N–H and O–H groups in total. The quantitative estimate of drug-likeness (QED) is 0.517. The molecule has 1 fully saturated rings. The number of H-pyrrole nitrogens is 1. The first-order valence-corrected chi connectivity index (χ1v) is 11.3. The molecular weight excluding hydrogens is 498 g/mol. The zero-order valence-corrected chi connectivity index (χ0v) is 19.7. The van der Waals surface area contributed by atoms with Crippen molar-refractivity contribution in [2.45, 2.75) is 38.1 Å². The Labute approximate surface area is 203 Å². The maximum absolute atomic E-state index is 13.1. The van der Waals surface area contributed by atoms with Crippen LogP contribution in [0.3, 0.4) is 0 Å². The predicted octanol–water partition coefficient (Wildman–Crippen LogP) is 3.64. The highest BCUT2D eigenvalue weighted by atomic mass is 35.5. The molecular formula is C22H24Cl2F3N3O4. The number of alkyl halides is 3. The van der Waals surface area contributed by atoms with Crippen LogP contribution < -0.4 is 15.6 Å². The number of aliphatic hydroxyl groups excluding tert-OH is 1. The third-order valence-corrected chi connectivity index (χ3v) is 6.43. The molecule has 1 aromatic heterocycles. The van der Waals surface area contributed by atoms with Gasteiger partial charge >= 0.3 is 6.18 Å². The van der Waals surface area contributed by atoms with Gasteiger partial charge in [0, 0.05) is 43.5 Å². The molecule has 1 aromatic carbocycles. The number of aromatic nitrogens is 1. The van der Waals surface area contributed by atoms with Crippen molar-refractivity contribution in [1.29, 1.82) is 0 Å². The number of rotatable bonds is 7. The minimum atomic E-state index is -4.86. The van der Waals surface area contributed by atoms with Gasteiger partial charge in [0.25, 0.3) is 5.91 Å². The average molecular weight is 522 g/mol. The lowest BCUT2D eigenvalue weighted by Crippen LogP contribution is -2.45. The third kappa shape index (κ3) is 6.65. The van der Waals surface area contributed by atoms with Gasteiger partial charge in [0.2, 0.25) is 5.56 Å². The van der Waals surface area contributed by atoms with Gasteiger partial charge in [-0.1, -0.05) is 23.2 Å². The van der Waals surface area contributed by atoms with Gasteiger partial charge in [-0.3, -0.25) is 9.59 Å². The van der Waals surface area contributed by atoms with Gasteiger partial charge in [-0.05, 0) is 37.5 Å². The van der Waals surface area contributed by atoms with Crippen molar-refractivity contribution in [2.75, 3.05) is 26.2 Å². The van der Waals surface area contributed by atoms with E-state index in [4.69, 9.17) is 27.9 Å². The molecule has 1 amide bonds. The lowest BCUT2D eigenvalue weighted by atomic mass is 10.1. The average Bonchev–Trinajstić information content (AvgIpc) is 2.78. The van der Waals surface area contributed by atoms with E-state index < -0.39 is 34.9 Å². The number of aromatic amines is 1. The maximum Gasteiger partial charge on any atom is 0.417 e. The van der Waals surface area contributed by atoms with E-state index in [0.29, 0.717) is 54.0 Å². The Morgan fingerprint density at radius 2 is 2.00 bits per heavy atom. The van der Waals surface area contributed by atoms with E-state index in [1.165, 1.54) is 0 Å². The predicted molar refractivity (Wildman–Crippen MR) is 122 cm³/mol. The van der Waals surface area contributed by atoms with Crippen molar-refractivity contribution in [2.24, 2.45) is 0 Å². The van der Waals surface area contributed by atoms with Gasteiger partial charge in [0.1, 0.15) is 11.9 Å². The number of likely N-dealkylation sites (tertiary alicyclic amines) is 1. The highest BCUT2D eigenvalue weighted by molar-refractivity contribution is 6.36. The lowest BCUT2D eigenvalue weighted by Gasteiger charge is -2.33. The number of piperidine rings is 1. The van der Waals surface area contributed by atoms with Crippen LogP contribution in [0, 0.1) is 6.92 Å². The number of benzene rings is 1. The number of carbonyl (C=O) groups is 1. The topological polar surface area (TPSA) is 94.7 Å². The summed E-state index contributed by atoms with van der Waals surface area (Å²) >= 11 is 12.3. The molecule has 2 aromatic rings. The van der Waals surface area contributed by atoms with Crippen LogP contribution >= 0.6 is 23.2 Å². The Hall–Kier alpha value is -2.27. The lowest BCUT2D eigenvalue weighted by molar-refractivity contribution is -0.138. The molecule has 0 radical (unpaired) electrons. The summed E-state index contributed by atoms with van der Waals surface area (Å²) in [6.45, 7) is 3.04. The number of hydrogen-bond acceptors (Lipinski definition) is 5. The first-order chi connectivity index (χ1) is 16.0. The van der Waals surface area contributed by atoms with Crippen LogP contribution in [0.4, 0.5) is 13.2 Å². The highest BCUT2D eigenvalue weighted by Crippen LogP contribution is 2.34. The number of amides is 1. The first-order valence-electron chi connectivity index (χ1n) is 10.6. The first kappa shape index (κ1) is 26.3. The summed E-state index contributed by atoms with van der Waals surface area (Å²) in [7, 11) is 0. The fraction of sp³-hybridized carbons (Fsp3) is 0.455. The zero-order valence-electron chi connectivity index (χ0n) is 18.2. The summed E-state index contributed by atoms with van der Waals surface area (Å²) in [5.74, 6) is -0.477. The van der Waals surface area contributed by atoms with Crippen LogP contribution in [0.2, 0.25) is 10.0 Å². The van der Waals surface area contributed by atoms with Gasteiger partial charge in [-0.2, -0.15) is 13.2 Å².